The Bertz CT molecular complexity index is 1450. The number of amides is 1. The van der Waals surface area contributed by atoms with Gasteiger partial charge in [-0.3, -0.25) is 14.5 Å². The van der Waals surface area contributed by atoms with Crippen molar-refractivity contribution in [2.45, 2.75) is 53.0 Å². The second kappa shape index (κ2) is 7.39. The molecule has 0 unspecified atom stereocenters. The van der Waals surface area contributed by atoms with Crippen LogP contribution in [0.4, 0.5) is 5.13 Å². The van der Waals surface area contributed by atoms with E-state index in [1.165, 1.54) is 16.9 Å². The van der Waals surface area contributed by atoms with E-state index in [-0.39, 0.29) is 22.5 Å². The monoisotopic (exact) mass is 458 g/mol. The van der Waals surface area contributed by atoms with Crippen LogP contribution in [0, 0.1) is 20.8 Å². The second-order valence-electron chi connectivity index (χ2n) is 9.76. The molecule has 2 aromatic heterocycles. The number of hydrogen-bond donors (Lipinski definition) is 0. The van der Waals surface area contributed by atoms with Gasteiger partial charge in [0.15, 0.2) is 10.6 Å². The number of carbonyl (C=O) groups excluding carboxylic acids is 1. The molecule has 1 atom stereocenters. The van der Waals surface area contributed by atoms with Crippen LogP contribution in [0.25, 0.3) is 11.0 Å². The maximum absolute atomic E-state index is 13.7. The van der Waals surface area contributed by atoms with Crippen molar-refractivity contribution in [2.75, 3.05) is 4.90 Å². The van der Waals surface area contributed by atoms with Gasteiger partial charge in [0.1, 0.15) is 5.58 Å². The van der Waals surface area contributed by atoms with Crippen LogP contribution in [0.5, 0.6) is 0 Å². The highest BCUT2D eigenvalue weighted by Crippen LogP contribution is 2.43. The van der Waals surface area contributed by atoms with Gasteiger partial charge in [0.2, 0.25) is 5.76 Å². The van der Waals surface area contributed by atoms with Crippen molar-refractivity contribution in [1.29, 1.82) is 0 Å². The van der Waals surface area contributed by atoms with Crippen LogP contribution < -0.4 is 10.3 Å². The van der Waals surface area contributed by atoms with Crippen LogP contribution in [0.2, 0.25) is 0 Å². The molecule has 0 bridgehead atoms. The number of thiazole rings is 1. The van der Waals surface area contributed by atoms with Crippen molar-refractivity contribution >= 4 is 33.3 Å². The number of benzene rings is 2. The van der Waals surface area contributed by atoms with Crippen LogP contribution in [0.1, 0.15) is 70.2 Å². The standard InChI is InChI=1S/C27H26N2O3S/c1-14-7-12-20-19(13-14)23(30)21-22(17-8-10-18(11-9-17)27(4,5)6)29(25(31)24(21)32-20)26-28-15(2)16(3)33-26/h7-13,22H,1-6H3/t22-/m1/s1. The van der Waals surface area contributed by atoms with Gasteiger partial charge < -0.3 is 4.42 Å². The van der Waals surface area contributed by atoms with Crippen molar-refractivity contribution in [2.24, 2.45) is 0 Å². The minimum absolute atomic E-state index is 0.00207. The lowest BCUT2D eigenvalue weighted by Gasteiger charge is -2.24. The average molecular weight is 459 g/mol. The SMILES string of the molecule is Cc1ccc2oc3c(c(=O)c2c1)[C@@H](c1ccc(C(C)(C)C)cc1)N(c1nc(C)c(C)s1)C3=O. The Morgan fingerprint density at radius 2 is 1.70 bits per heavy atom. The molecule has 168 valence electrons. The van der Waals surface area contributed by atoms with Crippen molar-refractivity contribution in [1.82, 2.24) is 4.98 Å². The summed E-state index contributed by atoms with van der Waals surface area (Å²) in [4.78, 5) is 34.7. The molecule has 6 heteroatoms. The van der Waals surface area contributed by atoms with E-state index in [0.717, 1.165) is 21.7 Å². The Balaban J connectivity index is 1.78. The number of carbonyl (C=O) groups is 1. The van der Waals surface area contributed by atoms with Gasteiger partial charge in [-0.05, 0) is 49.4 Å². The molecular formula is C27H26N2O3S. The van der Waals surface area contributed by atoms with Crippen LogP contribution in [-0.2, 0) is 5.41 Å². The van der Waals surface area contributed by atoms with Crippen molar-refractivity contribution in [3.8, 4) is 0 Å². The van der Waals surface area contributed by atoms with Gasteiger partial charge in [0.25, 0.3) is 5.91 Å². The summed E-state index contributed by atoms with van der Waals surface area (Å²) in [6.45, 7) is 12.3. The molecular weight excluding hydrogens is 432 g/mol. The molecule has 0 saturated heterocycles. The number of aromatic nitrogens is 1. The molecule has 0 spiro atoms. The molecule has 4 aromatic rings. The molecule has 1 amide bonds. The average Bonchev–Trinajstić information content (AvgIpc) is 3.24. The molecule has 1 aliphatic rings. The first-order chi connectivity index (χ1) is 15.6. The summed E-state index contributed by atoms with van der Waals surface area (Å²) in [6, 6.07) is 13.0. The quantitative estimate of drug-likeness (QED) is 0.358. The van der Waals surface area contributed by atoms with Gasteiger partial charge in [-0.15, -0.1) is 11.3 Å². The second-order valence-corrected chi connectivity index (χ2v) is 10.9. The smallest absolute Gasteiger partial charge is 0.297 e. The molecule has 5 rings (SSSR count). The Kier molecular flexibility index (Phi) is 4.83. The van der Waals surface area contributed by atoms with Gasteiger partial charge in [0.05, 0.1) is 22.7 Å². The van der Waals surface area contributed by atoms with Crippen LogP contribution in [0.3, 0.4) is 0 Å². The van der Waals surface area contributed by atoms with Crippen LogP contribution in [0.15, 0.2) is 51.7 Å². The van der Waals surface area contributed by atoms with E-state index in [1.807, 2.05) is 45.0 Å². The zero-order valence-corrected chi connectivity index (χ0v) is 20.5. The maximum Gasteiger partial charge on any atom is 0.297 e. The van der Waals surface area contributed by atoms with E-state index in [9.17, 15) is 9.59 Å². The normalized spacial score (nSPS) is 16.0. The summed E-state index contributed by atoms with van der Waals surface area (Å²) in [5.74, 6) is -0.227. The number of rotatable bonds is 2. The van der Waals surface area contributed by atoms with Crippen molar-refractivity contribution < 1.29 is 9.21 Å². The first kappa shape index (κ1) is 21.6. The summed E-state index contributed by atoms with van der Waals surface area (Å²) in [6.07, 6.45) is 0. The predicted octanol–water partition coefficient (Wildman–Crippen LogP) is 6.22. The number of nitrogens with zero attached hydrogens (tertiary/aromatic N) is 2. The van der Waals surface area contributed by atoms with Crippen LogP contribution in [-0.4, -0.2) is 10.9 Å². The van der Waals surface area contributed by atoms with E-state index < -0.39 is 6.04 Å². The zero-order chi connectivity index (χ0) is 23.7. The third kappa shape index (κ3) is 3.40. The highest BCUT2D eigenvalue weighted by molar-refractivity contribution is 7.15. The molecule has 0 fully saturated rings. The van der Waals surface area contributed by atoms with E-state index in [4.69, 9.17) is 4.42 Å². The summed E-state index contributed by atoms with van der Waals surface area (Å²) >= 11 is 1.45. The van der Waals surface area contributed by atoms with Gasteiger partial charge >= 0.3 is 0 Å². The van der Waals surface area contributed by atoms with Gasteiger partial charge in [-0.25, -0.2) is 4.98 Å². The lowest BCUT2D eigenvalue weighted by atomic mass is 9.86. The lowest BCUT2D eigenvalue weighted by Crippen LogP contribution is -2.29. The number of fused-ring (bicyclic) bond motifs is 2. The highest BCUT2D eigenvalue weighted by Gasteiger charge is 2.45. The van der Waals surface area contributed by atoms with Gasteiger partial charge in [-0.2, -0.15) is 0 Å². The Morgan fingerprint density at radius 3 is 2.30 bits per heavy atom. The Hall–Kier alpha value is -3.25. The summed E-state index contributed by atoms with van der Waals surface area (Å²) < 4.78 is 6.06. The van der Waals surface area contributed by atoms with Crippen molar-refractivity contribution in [3.63, 3.8) is 0 Å². The third-order valence-electron chi connectivity index (χ3n) is 6.34. The van der Waals surface area contributed by atoms with Gasteiger partial charge in [0, 0.05) is 4.88 Å². The topological polar surface area (TPSA) is 63.4 Å². The van der Waals surface area contributed by atoms with E-state index in [2.05, 4.69) is 37.9 Å². The maximum atomic E-state index is 13.7. The molecule has 1 aliphatic heterocycles. The molecule has 0 saturated carbocycles. The first-order valence-electron chi connectivity index (χ1n) is 11.0. The van der Waals surface area contributed by atoms with E-state index >= 15 is 0 Å². The molecule has 2 aromatic carbocycles. The third-order valence-corrected chi connectivity index (χ3v) is 7.41. The Labute approximate surface area is 196 Å². The van der Waals surface area contributed by atoms with E-state index in [1.54, 1.807) is 11.0 Å². The summed E-state index contributed by atoms with van der Waals surface area (Å²) in [7, 11) is 0. The lowest BCUT2D eigenvalue weighted by molar-refractivity contribution is 0.0971. The summed E-state index contributed by atoms with van der Waals surface area (Å²) in [5.41, 5.74) is 4.52. The molecule has 0 aliphatic carbocycles. The van der Waals surface area contributed by atoms with E-state index in [0.29, 0.717) is 21.7 Å². The molecule has 3 heterocycles. The number of anilines is 1. The fourth-order valence-corrected chi connectivity index (χ4v) is 5.26. The molecule has 0 radical (unpaired) electrons. The fraction of sp³-hybridized carbons (Fsp3) is 0.296. The highest BCUT2D eigenvalue weighted by atomic mass is 32.1. The number of aryl methyl sites for hydroxylation is 3. The number of hydrogen-bond acceptors (Lipinski definition) is 5. The molecule has 33 heavy (non-hydrogen) atoms. The first-order valence-corrected chi connectivity index (χ1v) is 11.8. The zero-order valence-electron chi connectivity index (χ0n) is 19.6. The molecule has 5 nitrogen and oxygen atoms in total. The van der Waals surface area contributed by atoms with Crippen molar-refractivity contribution in [3.05, 3.63) is 91.3 Å². The molecule has 0 N–H and O–H groups in total. The van der Waals surface area contributed by atoms with Crippen LogP contribution >= 0.6 is 11.3 Å². The minimum Gasteiger partial charge on any atom is -0.450 e. The largest absolute Gasteiger partial charge is 0.450 e. The summed E-state index contributed by atoms with van der Waals surface area (Å²) in [5, 5.41) is 1.07. The fourth-order valence-electron chi connectivity index (χ4n) is 4.32. The minimum atomic E-state index is -0.590. The predicted molar refractivity (Wildman–Crippen MR) is 133 cm³/mol. The van der Waals surface area contributed by atoms with Gasteiger partial charge in [-0.1, -0.05) is 56.7 Å². The Morgan fingerprint density at radius 1 is 1.00 bits per heavy atom.